The first-order valence-corrected chi connectivity index (χ1v) is 8.37. The van der Waals surface area contributed by atoms with Gasteiger partial charge in [0.05, 0.1) is 7.11 Å². The Morgan fingerprint density at radius 1 is 1.15 bits per heavy atom. The fraction of sp³-hybridized carbons (Fsp3) is 0.167. The van der Waals surface area contributed by atoms with Crippen molar-refractivity contribution in [2.75, 3.05) is 13.7 Å². The molecule has 0 aliphatic carbocycles. The lowest BCUT2D eigenvalue weighted by molar-refractivity contribution is 0.308. The maximum atomic E-state index is 14.8. The van der Waals surface area contributed by atoms with Crippen LogP contribution < -0.4 is 9.22 Å². The lowest BCUT2D eigenvalue weighted by Crippen LogP contribution is -2.48. The molecule has 1 heterocycles. The van der Waals surface area contributed by atoms with Crippen molar-refractivity contribution in [2.24, 2.45) is 4.99 Å². The standard InChI is InChI=1S/C18H15Cl2F2N2O2/c1-10-23-18(20)16(9-25)24(10,17-13(21)4-3-5-14(17)22)15-7-6-11(26-2)8-12(15)19/h3-8,25H,9H2,1-2H3/q+1. The van der Waals surface area contributed by atoms with Gasteiger partial charge in [-0.05, 0) is 18.2 Å². The molecule has 8 heteroatoms. The number of aliphatic hydroxyl groups is 1. The highest BCUT2D eigenvalue weighted by atomic mass is 35.5. The number of benzene rings is 2. The highest BCUT2D eigenvalue weighted by Crippen LogP contribution is 2.50. The van der Waals surface area contributed by atoms with Crippen LogP contribution in [-0.4, -0.2) is 24.7 Å². The van der Waals surface area contributed by atoms with E-state index in [4.69, 9.17) is 27.9 Å². The number of hydrogen-bond donors (Lipinski definition) is 1. The molecule has 4 nitrogen and oxygen atoms in total. The van der Waals surface area contributed by atoms with Gasteiger partial charge in [0.1, 0.15) is 17.4 Å². The van der Waals surface area contributed by atoms with Gasteiger partial charge in [-0.3, -0.25) is 0 Å². The molecule has 2 aromatic carbocycles. The van der Waals surface area contributed by atoms with Gasteiger partial charge in [-0.1, -0.05) is 29.3 Å². The molecule has 2 aromatic rings. The summed E-state index contributed by atoms with van der Waals surface area (Å²) in [5, 5.41) is 10.1. The van der Waals surface area contributed by atoms with Crippen molar-refractivity contribution in [3.05, 3.63) is 63.9 Å². The van der Waals surface area contributed by atoms with Crippen molar-refractivity contribution in [3.63, 3.8) is 0 Å². The number of methoxy groups -OCH3 is 1. The Balaban J connectivity index is 2.45. The maximum Gasteiger partial charge on any atom is 0.221 e. The molecule has 3 rings (SSSR count). The van der Waals surface area contributed by atoms with E-state index in [1.54, 1.807) is 19.1 Å². The quantitative estimate of drug-likeness (QED) is 0.573. The molecule has 0 saturated carbocycles. The molecule has 1 unspecified atom stereocenters. The Kier molecular flexibility index (Phi) is 5.03. The van der Waals surface area contributed by atoms with Crippen LogP contribution in [0.1, 0.15) is 6.92 Å². The second kappa shape index (κ2) is 6.96. The summed E-state index contributed by atoms with van der Waals surface area (Å²) in [5.41, 5.74) is 0.0400. The molecule has 0 bridgehead atoms. The smallest absolute Gasteiger partial charge is 0.221 e. The van der Waals surface area contributed by atoms with E-state index >= 15 is 0 Å². The number of rotatable bonds is 4. The first-order chi connectivity index (χ1) is 12.4. The van der Waals surface area contributed by atoms with Crippen molar-refractivity contribution in [1.29, 1.82) is 0 Å². The van der Waals surface area contributed by atoms with E-state index < -0.39 is 22.7 Å². The molecule has 0 saturated heterocycles. The summed E-state index contributed by atoms with van der Waals surface area (Å²) in [6.07, 6.45) is 0. The number of aliphatic imine (C=N–C) groups is 1. The number of halogens is 4. The average Bonchev–Trinajstić information content (AvgIpc) is 2.84. The van der Waals surface area contributed by atoms with Crippen molar-refractivity contribution in [3.8, 4) is 5.75 Å². The third-order valence-electron chi connectivity index (χ3n) is 4.33. The highest BCUT2D eigenvalue weighted by Gasteiger charge is 2.52. The molecular formula is C18H15Cl2F2N2O2+. The van der Waals surface area contributed by atoms with Gasteiger partial charge < -0.3 is 9.84 Å². The monoisotopic (exact) mass is 399 g/mol. The second-order valence-electron chi connectivity index (χ2n) is 5.61. The summed E-state index contributed by atoms with van der Waals surface area (Å²) in [4.78, 5) is 4.16. The Morgan fingerprint density at radius 2 is 1.81 bits per heavy atom. The van der Waals surface area contributed by atoms with E-state index in [0.29, 0.717) is 5.75 Å². The second-order valence-corrected chi connectivity index (χ2v) is 6.38. The van der Waals surface area contributed by atoms with Crippen molar-refractivity contribution in [1.82, 2.24) is 4.48 Å². The third kappa shape index (κ3) is 2.61. The van der Waals surface area contributed by atoms with Crippen LogP contribution in [0.15, 0.2) is 52.2 Å². The van der Waals surface area contributed by atoms with Gasteiger partial charge >= 0.3 is 0 Å². The van der Waals surface area contributed by atoms with Gasteiger partial charge in [0.25, 0.3) is 0 Å². The first kappa shape index (κ1) is 18.8. The summed E-state index contributed by atoms with van der Waals surface area (Å²) in [6.45, 7) is 0.993. The molecule has 0 radical (unpaired) electrons. The van der Waals surface area contributed by atoms with E-state index in [0.717, 1.165) is 12.1 Å². The Labute approximate surface area is 159 Å². The molecule has 0 fully saturated rings. The zero-order valence-corrected chi connectivity index (χ0v) is 15.4. The van der Waals surface area contributed by atoms with E-state index in [9.17, 15) is 13.9 Å². The Bertz CT molecular complexity index is 927. The SMILES string of the molecule is COc1ccc([N+]2(c3c(F)cccc3F)C(C)=NC(Cl)=C2CO)c(Cl)c1. The Hall–Kier alpha value is -1.99. The van der Waals surface area contributed by atoms with Gasteiger partial charge in [-0.15, -0.1) is 0 Å². The van der Waals surface area contributed by atoms with Crippen molar-refractivity contribution < 1.29 is 18.6 Å². The number of nitrogens with zero attached hydrogens (tertiary/aromatic N) is 2. The number of aliphatic hydroxyl groups excluding tert-OH is 1. The number of hydrogen-bond acceptors (Lipinski definition) is 3. The molecule has 1 aliphatic heterocycles. The molecule has 136 valence electrons. The molecule has 1 N–H and O–H groups in total. The highest BCUT2D eigenvalue weighted by molar-refractivity contribution is 6.35. The topological polar surface area (TPSA) is 41.8 Å². The normalized spacial score (nSPS) is 19.7. The number of para-hydroxylation sites is 1. The maximum absolute atomic E-state index is 14.8. The van der Waals surface area contributed by atoms with Gasteiger partial charge in [0.15, 0.2) is 28.2 Å². The van der Waals surface area contributed by atoms with E-state index in [1.165, 1.54) is 19.2 Å². The third-order valence-corrected chi connectivity index (χ3v) is 4.93. The lowest BCUT2D eigenvalue weighted by atomic mass is 10.1. The lowest BCUT2D eigenvalue weighted by Gasteiger charge is -2.35. The first-order valence-electron chi connectivity index (χ1n) is 7.61. The van der Waals surface area contributed by atoms with Crippen molar-refractivity contribution in [2.45, 2.75) is 6.92 Å². The van der Waals surface area contributed by atoms with Crippen LogP contribution >= 0.6 is 23.2 Å². The van der Waals surface area contributed by atoms with Crippen LogP contribution in [0.5, 0.6) is 5.75 Å². The average molecular weight is 400 g/mol. The van der Waals surface area contributed by atoms with Gasteiger partial charge in [0.2, 0.25) is 11.5 Å². The number of ether oxygens (including phenoxy) is 1. The van der Waals surface area contributed by atoms with Crippen molar-refractivity contribution >= 4 is 40.4 Å². The van der Waals surface area contributed by atoms with Crippen LogP contribution in [0.4, 0.5) is 20.2 Å². The van der Waals surface area contributed by atoms with Crippen LogP contribution in [0.2, 0.25) is 5.02 Å². The molecule has 1 aliphatic rings. The minimum absolute atomic E-state index is 0.0421. The number of amidine groups is 1. The van der Waals surface area contributed by atoms with Gasteiger partial charge in [-0.2, -0.15) is 9.48 Å². The molecular weight excluding hydrogens is 385 g/mol. The van der Waals surface area contributed by atoms with Crippen LogP contribution in [0.3, 0.4) is 0 Å². The molecule has 0 spiro atoms. The van der Waals surface area contributed by atoms with Crippen LogP contribution in [0.25, 0.3) is 0 Å². The van der Waals surface area contributed by atoms with E-state index in [1.807, 2.05) is 0 Å². The largest absolute Gasteiger partial charge is 0.497 e. The fourth-order valence-electron chi connectivity index (χ4n) is 3.22. The zero-order chi connectivity index (χ0) is 19.1. The van der Waals surface area contributed by atoms with Gasteiger partial charge in [-0.25, -0.2) is 8.78 Å². The van der Waals surface area contributed by atoms with E-state index in [2.05, 4.69) is 4.99 Å². The zero-order valence-electron chi connectivity index (χ0n) is 13.9. The van der Waals surface area contributed by atoms with Crippen LogP contribution in [-0.2, 0) is 0 Å². The molecule has 0 aromatic heterocycles. The molecule has 26 heavy (non-hydrogen) atoms. The van der Waals surface area contributed by atoms with E-state index in [-0.39, 0.29) is 33.1 Å². The summed E-state index contributed by atoms with van der Waals surface area (Å²) < 4.78 is 34.1. The minimum atomic E-state index is -0.816. The summed E-state index contributed by atoms with van der Waals surface area (Å²) in [7, 11) is 1.48. The summed E-state index contributed by atoms with van der Waals surface area (Å²) >= 11 is 12.6. The predicted molar refractivity (Wildman–Crippen MR) is 98.9 cm³/mol. The summed E-state index contributed by atoms with van der Waals surface area (Å²) in [6, 6.07) is 8.21. The summed E-state index contributed by atoms with van der Waals surface area (Å²) in [5.74, 6) is -0.914. The minimum Gasteiger partial charge on any atom is -0.497 e. The number of quaternary nitrogens is 1. The predicted octanol–water partition coefficient (Wildman–Crippen LogP) is 5.10. The molecule has 1 atom stereocenters. The van der Waals surface area contributed by atoms with Crippen LogP contribution in [0, 0.1) is 11.6 Å². The Morgan fingerprint density at radius 3 is 2.35 bits per heavy atom. The fourth-order valence-corrected chi connectivity index (χ4v) is 3.83. The molecule has 0 amide bonds. The van der Waals surface area contributed by atoms with Gasteiger partial charge in [0, 0.05) is 19.1 Å².